The lowest BCUT2D eigenvalue weighted by molar-refractivity contribution is -0.148. The minimum Gasteiger partial charge on any atom is -0.309 e. The second kappa shape index (κ2) is 10.9. The van der Waals surface area contributed by atoms with Crippen molar-refractivity contribution in [2.24, 2.45) is 5.92 Å². The summed E-state index contributed by atoms with van der Waals surface area (Å²) in [5.41, 5.74) is -0.406. The summed E-state index contributed by atoms with van der Waals surface area (Å²) in [5.74, 6) is 0.0690. The Morgan fingerprint density at radius 1 is 0.931 bits per heavy atom. The summed E-state index contributed by atoms with van der Waals surface area (Å²) in [7, 11) is 0. The number of amides is 2. The maximum Gasteiger partial charge on any atom is 0.233 e. The molecule has 2 rings (SSSR count). The van der Waals surface area contributed by atoms with Crippen molar-refractivity contribution < 1.29 is 9.59 Å². The quantitative estimate of drug-likeness (QED) is 0.320. The SMILES string of the molecule is CCCCCCCCCCCCC1CC(=O)N(C2(C)CC(C)NC(C)(C)C2)C1=O. The van der Waals surface area contributed by atoms with E-state index >= 15 is 0 Å². The van der Waals surface area contributed by atoms with Crippen LogP contribution in [0.4, 0.5) is 0 Å². The molecule has 3 atom stereocenters. The maximum absolute atomic E-state index is 13.1. The van der Waals surface area contributed by atoms with Crippen LogP contribution < -0.4 is 5.32 Å². The highest BCUT2D eigenvalue weighted by atomic mass is 16.2. The van der Waals surface area contributed by atoms with Crippen LogP contribution in [0.3, 0.4) is 0 Å². The van der Waals surface area contributed by atoms with Crippen molar-refractivity contribution in [1.29, 1.82) is 0 Å². The number of rotatable bonds is 12. The van der Waals surface area contributed by atoms with Gasteiger partial charge in [0.1, 0.15) is 0 Å². The van der Waals surface area contributed by atoms with Crippen molar-refractivity contribution >= 4 is 11.8 Å². The van der Waals surface area contributed by atoms with E-state index in [2.05, 4.69) is 39.9 Å². The van der Waals surface area contributed by atoms with Crippen LogP contribution in [-0.2, 0) is 9.59 Å². The van der Waals surface area contributed by atoms with Gasteiger partial charge >= 0.3 is 0 Å². The molecule has 2 heterocycles. The fourth-order valence-corrected chi connectivity index (χ4v) is 5.99. The molecule has 0 radical (unpaired) electrons. The van der Waals surface area contributed by atoms with E-state index in [4.69, 9.17) is 0 Å². The minimum atomic E-state index is -0.352. The molecule has 2 fully saturated rings. The number of imide groups is 1. The fraction of sp³-hybridized carbons (Fsp3) is 0.920. The Balaban J connectivity index is 1.72. The molecule has 4 heteroatoms. The van der Waals surface area contributed by atoms with Gasteiger partial charge in [0, 0.05) is 23.9 Å². The molecule has 2 amide bonds. The van der Waals surface area contributed by atoms with Gasteiger partial charge in [-0.05, 0) is 47.0 Å². The summed E-state index contributed by atoms with van der Waals surface area (Å²) in [6.07, 6.45) is 16.0. The van der Waals surface area contributed by atoms with E-state index in [-0.39, 0.29) is 28.8 Å². The van der Waals surface area contributed by atoms with E-state index in [1.807, 2.05) is 0 Å². The molecule has 0 aliphatic carbocycles. The molecule has 2 aliphatic heterocycles. The number of carbonyl (C=O) groups is 2. The molecule has 0 saturated carbocycles. The number of unbranched alkanes of at least 4 members (excludes halogenated alkanes) is 9. The van der Waals surface area contributed by atoms with E-state index < -0.39 is 0 Å². The van der Waals surface area contributed by atoms with Crippen LogP contribution in [0.5, 0.6) is 0 Å². The van der Waals surface area contributed by atoms with Crippen molar-refractivity contribution in [1.82, 2.24) is 10.2 Å². The summed E-state index contributed by atoms with van der Waals surface area (Å²) in [6, 6.07) is 0.311. The number of carbonyl (C=O) groups excluding carboxylic acids is 2. The number of hydrogen-bond acceptors (Lipinski definition) is 3. The molecule has 0 aromatic rings. The molecule has 0 spiro atoms. The molecule has 1 N–H and O–H groups in total. The summed E-state index contributed by atoms with van der Waals surface area (Å²) in [5, 5.41) is 3.60. The third-order valence-electron chi connectivity index (χ3n) is 6.89. The van der Waals surface area contributed by atoms with E-state index in [9.17, 15) is 9.59 Å². The maximum atomic E-state index is 13.1. The van der Waals surface area contributed by atoms with Gasteiger partial charge in [0.25, 0.3) is 0 Å². The molecule has 2 saturated heterocycles. The molecule has 2 aliphatic rings. The molecule has 3 unspecified atom stereocenters. The second-order valence-electron chi connectivity index (χ2n) is 10.7. The lowest BCUT2D eigenvalue weighted by atomic mass is 9.75. The lowest BCUT2D eigenvalue weighted by Gasteiger charge is -2.50. The summed E-state index contributed by atoms with van der Waals surface area (Å²) >= 11 is 0. The highest BCUT2D eigenvalue weighted by Gasteiger charge is 2.51. The van der Waals surface area contributed by atoms with Crippen LogP contribution in [0, 0.1) is 5.92 Å². The first-order chi connectivity index (χ1) is 13.7. The third-order valence-corrected chi connectivity index (χ3v) is 6.89. The topological polar surface area (TPSA) is 49.4 Å². The number of nitrogens with one attached hydrogen (secondary N) is 1. The third kappa shape index (κ3) is 7.08. The van der Waals surface area contributed by atoms with Crippen LogP contribution >= 0.6 is 0 Å². The fourth-order valence-electron chi connectivity index (χ4n) is 5.99. The van der Waals surface area contributed by atoms with E-state index in [1.165, 1.54) is 57.8 Å². The Hall–Kier alpha value is -0.900. The summed E-state index contributed by atoms with van der Waals surface area (Å²) in [6.45, 7) is 10.9. The van der Waals surface area contributed by atoms with Gasteiger partial charge in [-0.25, -0.2) is 0 Å². The zero-order valence-electron chi connectivity index (χ0n) is 19.8. The highest BCUT2D eigenvalue weighted by molar-refractivity contribution is 6.04. The molecular weight excluding hydrogens is 360 g/mol. The van der Waals surface area contributed by atoms with Crippen molar-refractivity contribution in [2.75, 3.05) is 0 Å². The Kier molecular flexibility index (Phi) is 9.18. The van der Waals surface area contributed by atoms with Crippen molar-refractivity contribution in [3.05, 3.63) is 0 Å². The first kappa shape index (κ1) is 24.4. The van der Waals surface area contributed by atoms with E-state index in [1.54, 1.807) is 4.90 Å². The zero-order chi connectivity index (χ0) is 21.5. The predicted octanol–water partition coefficient (Wildman–Crippen LogP) is 5.98. The molecule has 168 valence electrons. The van der Waals surface area contributed by atoms with Gasteiger partial charge in [0.2, 0.25) is 11.8 Å². The second-order valence-corrected chi connectivity index (χ2v) is 10.7. The number of hydrogen-bond donors (Lipinski definition) is 1. The molecule has 0 aromatic carbocycles. The molecular formula is C25H46N2O2. The van der Waals surface area contributed by atoms with Gasteiger partial charge < -0.3 is 5.32 Å². The normalized spacial score (nSPS) is 29.6. The first-order valence-electron chi connectivity index (χ1n) is 12.3. The van der Waals surface area contributed by atoms with Gasteiger partial charge in [-0.1, -0.05) is 71.1 Å². The lowest BCUT2D eigenvalue weighted by Crippen LogP contribution is -2.63. The van der Waals surface area contributed by atoms with Crippen LogP contribution in [0.2, 0.25) is 0 Å². The Morgan fingerprint density at radius 3 is 2.03 bits per heavy atom. The van der Waals surface area contributed by atoms with Crippen LogP contribution in [0.25, 0.3) is 0 Å². The molecule has 0 aromatic heterocycles. The summed E-state index contributed by atoms with van der Waals surface area (Å²) in [4.78, 5) is 27.6. The smallest absolute Gasteiger partial charge is 0.233 e. The Labute approximate surface area is 179 Å². The van der Waals surface area contributed by atoms with Gasteiger partial charge in [0.15, 0.2) is 0 Å². The largest absolute Gasteiger partial charge is 0.309 e. The Morgan fingerprint density at radius 2 is 1.48 bits per heavy atom. The standard InChI is InChI=1S/C25H46N2O2/c1-6-7-8-9-10-11-12-13-14-15-16-21-17-22(28)27(23(21)29)25(5)18-20(2)26-24(3,4)19-25/h20-21,26H,6-19H2,1-5H3. The molecule has 4 nitrogen and oxygen atoms in total. The predicted molar refractivity (Wildman–Crippen MR) is 121 cm³/mol. The zero-order valence-corrected chi connectivity index (χ0v) is 19.8. The molecule has 0 bridgehead atoms. The molecule has 29 heavy (non-hydrogen) atoms. The van der Waals surface area contributed by atoms with Crippen molar-refractivity contribution in [3.63, 3.8) is 0 Å². The van der Waals surface area contributed by atoms with Crippen LogP contribution in [0.15, 0.2) is 0 Å². The van der Waals surface area contributed by atoms with E-state index in [0.717, 1.165) is 25.7 Å². The number of nitrogens with zero attached hydrogens (tertiary/aromatic N) is 1. The van der Waals surface area contributed by atoms with Gasteiger partial charge in [-0.15, -0.1) is 0 Å². The van der Waals surface area contributed by atoms with Crippen LogP contribution in [-0.4, -0.2) is 33.8 Å². The highest BCUT2D eigenvalue weighted by Crippen LogP contribution is 2.40. The number of likely N-dealkylation sites (tertiary alicyclic amines) is 1. The Bertz CT molecular complexity index is 545. The van der Waals surface area contributed by atoms with E-state index in [0.29, 0.717) is 12.5 Å². The van der Waals surface area contributed by atoms with Crippen molar-refractivity contribution in [3.8, 4) is 0 Å². The van der Waals surface area contributed by atoms with Crippen LogP contribution in [0.1, 0.15) is 125 Å². The van der Waals surface area contributed by atoms with Gasteiger partial charge in [-0.3, -0.25) is 14.5 Å². The average Bonchev–Trinajstić information content (AvgIpc) is 2.88. The minimum absolute atomic E-state index is 0.0540. The first-order valence-corrected chi connectivity index (χ1v) is 12.3. The number of piperidine rings is 1. The summed E-state index contributed by atoms with van der Waals surface area (Å²) < 4.78 is 0. The van der Waals surface area contributed by atoms with Crippen molar-refractivity contribution in [2.45, 2.75) is 142 Å². The average molecular weight is 407 g/mol. The monoisotopic (exact) mass is 406 g/mol. The van der Waals surface area contributed by atoms with Gasteiger partial charge in [0.05, 0.1) is 5.54 Å². The van der Waals surface area contributed by atoms with Gasteiger partial charge in [-0.2, -0.15) is 0 Å².